The molecule has 3 nitrogen and oxygen atoms in total. The highest BCUT2D eigenvalue weighted by molar-refractivity contribution is 5.95. The van der Waals surface area contributed by atoms with Crippen molar-refractivity contribution in [2.45, 2.75) is 13.8 Å². The van der Waals surface area contributed by atoms with Gasteiger partial charge in [-0.15, -0.1) is 0 Å². The molecule has 92 valence electrons. The molecule has 0 atom stereocenters. The SMILES string of the molecule is CCN1CCN(C(=O)c2ccccc2C)CC1. The summed E-state index contributed by atoms with van der Waals surface area (Å²) in [6, 6.07) is 7.82. The molecule has 0 spiro atoms. The summed E-state index contributed by atoms with van der Waals surface area (Å²) in [4.78, 5) is 16.7. The van der Waals surface area contributed by atoms with Crippen LogP contribution in [-0.2, 0) is 0 Å². The average Bonchev–Trinajstić information content (AvgIpc) is 2.39. The molecule has 0 saturated carbocycles. The van der Waals surface area contributed by atoms with E-state index in [9.17, 15) is 4.79 Å². The van der Waals surface area contributed by atoms with Crippen molar-refractivity contribution in [2.75, 3.05) is 32.7 Å². The van der Waals surface area contributed by atoms with Crippen LogP contribution >= 0.6 is 0 Å². The van der Waals surface area contributed by atoms with E-state index in [0.29, 0.717) is 0 Å². The number of hydrogen-bond acceptors (Lipinski definition) is 2. The summed E-state index contributed by atoms with van der Waals surface area (Å²) in [6.07, 6.45) is 0. The fourth-order valence-corrected chi connectivity index (χ4v) is 2.25. The van der Waals surface area contributed by atoms with Crippen LogP contribution in [0.2, 0.25) is 0 Å². The minimum atomic E-state index is 0.179. The lowest BCUT2D eigenvalue weighted by atomic mass is 10.1. The number of amides is 1. The Hall–Kier alpha value is -1.35. The van der Waals surface area contributed by atoms with E-state index in [1.165, 1.54) is 0 Å². The Labute approximate surface area is 103 Å². The molecule has 0 aromatic heterocycles. The van der Waals surface area contributed by atoms with Crippen LogP contribution in [0.25, 0.3) is 0 Å². The van der Waals surface area contributed by atoms with Gasteiger partial charge >= 0.3 is 0 Å². The van der Waals surface area contributed by atoms with Gasteiger partial charge in [0.2, 0.25) is 0 Å². The Kier molecular flexibility index (Phi) is 3.79. The van der Waals surface area contributed by atoms with Crippen molar-refractivity contribution >= 4 is 5.91 Å². The Bertz CT molecular complexity index is 395. The van der Waals surface area contributed by atoms with Gasteiger partial charge in [0.15, 0.2) is 0 Å². The molecule has 2 rings (SSSR count). The van der Waals surface area contributed by atoms with E-state index in [4.69, 9.17) is 0 Å². The number of carbonyl (C=O) groups excluding carboxylic acids is 1. The molecule has 1 aliphatic rings. The highest BCUT2D eigenvalue weighted by atomic mass is 16.2. The molecule has 1 aromatic rings. The molecule has 3 heteroatoms. The minimum Gasteiger partial charge on any atom is -0.336 e. The van der Waals surface area contributed by atoms with E-state index in [2.05, 4.69) is 11.8 Å². The average molecular weight is 232 g/mol. The van der Waals surface area contributed by atoms with Gasteiger partial charge in [-0.05, 0) is 25.1 Å². The molecule has 1 fully saturated rings. The molecule has 0 aliphatic carbocycles. The van der Waals surface area contributed by atoms with Crippen molar-refractivity contribution < 1.29 is 4.79 Å². The van der Waals surface area contributed by atoms with Gasteiger partial charge in [0, 0.05) is 31.7 Å². The normalized spacial score (nSPS) is 17.2. The third-order valence-electron chi connectivity index (χ3n) is 3.48. The fraction of sp³-hybridized carbons (Fsp3) is 0.500. The number of nitrogens with zero attached hydrogens (tertiary/aromatic N) is 2. The maximum Gasteiger partial charge on any atom is 0.254 e. The predicted molar refractivity (Wildman–Crippen MR) is 69.2 cm³/mol. The van der Waals surface area contributed by atoms with Crippen LogP contribution in [-0.4, -0.2) is 48.4 Å². The first-order valence-corrected chi connectivity index (χ1v) is 6.29. The Morgan fingerprint density at radius 1 is 1.18 bits per heavy atom. The zero-order valence-electron chi connectivity index (χ0n) is 10.6. The van der Waals surface area contributed by atoms with Crippen LogP contribution in [0.3, 0.4) is 0 Å². The van der Waals surface area contributed by atoms with E-state index in [-0.39, 0.29) is 5.91 Å². The summed E-state index contributed by atoms with van der Waals surface area (Å²) in [5.41, 5.74) is 1.91. The standard InChI is InChI=1S/C14H20N2O/c1-3-15-8-10-16(11-9-15)14(17)13-7-5-4-6-12(13)2/h4-7H,3,8-11H2,1-2H3. The van der Waals surface area contributed by atoms with Crippen LogP contribution in [0.1, 0.15) is 22.8 Å². The molecular weight excluding hydrogens is 212 g/mol. The second-order valence-corrected chi connectivity index (χ2v) is 4.54. The molecule has 1 saturated heterocycles. The van der Waals surface area contributed by atoms with Crippen molar-refractivity contribution in [3.8, 4) is 0 Å². The van der Waals surface area contributed by atoms with Crippen LogP contribution in [0, 0.1) is 6.92 Å². The third kappa shape index (κ3) is 2.67. The van der Waals surface area contributed by atoms with Crippen molar-refractivity contribution in [3.63, 3.8) is 0 Å². The number of piperazine rings is 1. The van der Waals surface area contributed by atoms with E-state index in [1.54, 1.807) is 0 Å². The molecule has 17 heavy (non-hydrogen) atoms. The number of rotatable bonds is 2. The van der Waals surface area contributed by atoms with Gasteiger partial charge in [-0.1, -0.05) is 25.1 Å². The Morgan fingerprint density at radius 2 is 1.82 bits per heavy atom. The number of benzene rings is 1. The maximum atomic E-state index is 12.3. The van der Waals surface area contributed by atoms with Gasteiger partial charge in [0.1, 0.15) is 0 Å². The lowest BCUT2D eigenvalue weighted by Crippen LogP contribution is -2.48. The number of carbonyl (C=O) groups is 1. The summed E-state index contributed by atoms with van der Waals surface area (Å²) in [5, 5.41) is 0. The van der Waals surface area contributed by atoms with Crippen LogP contribution in [0.15, 0.2) is 24.3 Å². The predicted octanol–water partition coefficient (Wildman–Crippen LogP) is 1.77. The first kappa shape index (κ1) is 12.1. The molecule has 1 aliphatic heterocycles. The van der Waals surface area contributed by atoms with Crippen molar-refractivity contribution in [1.82, 2.24) is 9.80 Å². The largest absolute Gasteiger partial charge is 0.336 e. The van der Waals surface area contributed by atoms with E-state index in [1.807, 2.05) is 36.1 Å². The number of aryl methyl sites for hydroxylation is 1. The number of hydrogen-bond donors (Lipinski definition) is 0. The van der Waals surface area contributed by atoms with E-state index in [0.717, 1.165) is 43.9 Å². The minimum absolute atomic E-state index is 0.179. The molecule has 0 unspecified atom stereocenters. The molecule has 1 aromatic carbocycles. The van der Waals surface area contributed by atoms with Gasteiger partial charge in [0.25, 0.3) is 5.91 Å². The zero-order chi connectivity index (χ0) is 12.3. The summed E-state index contributed by atoms with van der Waals surface area (Å²) in [7, 11) is 0. The van der Waals surface area contributed by atoms with Gasteiger partial charge < -0.3 is 9.80 Å². The Balaban J connectivity index is 2.04. The highest BCUT2D eigenvalue weighted by Gasteiger charge is 2.21. The summed E-state index contributed by atoms with van der Waals surface area (Å²) in [5.74, 6) is 0.179. The lowest BCUT2D eigenvalue weighted by molar-refractivity contribution is 0.0642. The topological polar surface area (TPSA) is 23.6 Å². The molecule has 0 bridgehead atoms. The lowest BCUT2D eigenvalue weighted by Gasteiger charge is -2.34. The third-order valence-corrected chi connectivity index (χ3v) is 3.48. The van der Waals surface area contributed by atoms with E-state index < -0.39 is 0 Å². The quantitative estimate of drug-likeness (QED) is 0.776. The number of likely N-dealkylation sites (N-methyl/N-ethyl adjacent to an activating group) is 1. The first-order chi connectivity index (χ1) is 8.22. The van der Waals surface area contributed by atoms with Gasteiger partial charge in [-0.2, -0.15) is 0 Å². The van der Waals surface area contributed by atoms with Crippen LogP contribution in [0.4, 0.5) is 0 Å². The molecular formula is C14H20N2O. The smallest absolute Gasteiger partial charge is 0.254 e. The van der Waals surface area contributed by atoms with Crippen LogP contribution < -0.4 is 0 Å². The fourth-order valence-electron chi connectivity index (χ4n) is 2.25. The highest BCUT2D eigenvalue weighted by Crippen LogP contribution is 2.12. The summed E-state index contributed by atoms with van der Waals surface area (Å²) >= 11 is 0. The van der Waals surface area contributed by atoms with Gasteiger partial charge in [0.05, 0.1) is 0 Å². The monoisotopic (exact) mass is 232 g/mol. The van der Waals surface area contributed by atoms with E-state index >= 15 is 0 Å². The molecule has 0 radical (unpaired) electrons. The van der Waals surface area contributed by atoms with Crippen molar-refractivity contribution in [2.24, 2.45) is 0 Å². The summed E-state index contributed by atoms with van der Waals surface area (Å²) in [6.45, 7) is 8.92. The van der Waals surface area contributed by atoms with Gasteiger partial charge in [-0.25, -0.2) is 0 Å². The van der Waals surface area contributed by atoms with Crippen LogP contribution in [0.5, 0.6) is 0 Å². The molecule has 1 amide bonds. The zero-order valence-corrected chi connectivity index (χ0v) is 10.6. The molecule has 1 heterocycles. The van der Waals surface area contributed by atoms with Crippen molar-refractivity contribution in [1.29, 1.82) is 0 Å². The second kappa shape index (κ2) is 5.32. The maximum absolute atomic E-state index is 12.3. The Morgan fingerprint density at radius 3 is 2.41 bits per heavy atom. The second-order valence-electron chi connectivity index (χ2n) is 4.54. The first-order valence-electron chi connectivity index (χ1n) is 6.29. The summed E-state index contributed by atoms with van der Waals surface area (Å²) < 4.78 is 0. The molecule has 0 N–H and O–H groups in total. The van der Waals surface area contributed by atoms with Crippen molar-refractivity contribution in [3.05, 3.63) is 35.4 Å². The van der Waals surface area contributed by atoms with Gasteiger partial charge in [-0.3, -0.25) is 4.79 Å².